The molecule has 1 fully saturated rings. The van der Waals surface area contributed by atoms with Crippen molar-refractivity contribution < 1.29 is 29.0 Å². The Hall–Kier alpha value is -3.52. The molecule has 0 spiro atoms. The number of hydrogen-bond donors (Lipinski definition) is 2. The average molecular weight is 394 g/mol. The molecule has 2 aliphatic rings. The number of amides is 3. The number of aromatic carboxylic acids is 1. The lowest BCUT2D eigenvalue weighted by Crippen LogP contribution is -2.36. The first-order chi connectivity index (χ1) is 14.0. The first-order valence-corrected chi connectivity index (χ1v) is 9.21. The maximum Gasteiger partial charge on any atom is 0.337 e. The molecule has 2 N–H and O–H groups in total. The number of carboxylic acids is 1. The molecule has 1 saturated heterocycles. The van der Waals surface area contributed by atoms with Crippen molar-refractivity contribution >= 4 is 29.4 Å². The molecule has 2 heterocycles. The van der Waals surface area contributed by atoms with Crippen molar-refractivity contribution in [3.63, 3.8) is 0 Å². The zero-order valence-corrected chi connectivity index (χ0v) is 15.4. The number of carbonyl (C=O) groups excluding carboxylic acids is 3. The van der Waals surface area contributed by atoms with Crippen molar-refractivity contribution in [1.82, 2.24) is 4.90 Å². The van der Waals surface area contributed by atoms with E-state index in [4.69, 9.17) is 4.74 Å². The van der Waals surface area contributed by atoms with Gasteiger partial charge in [0.15, 0.2) is 0 Å². The highest BCUT2D eigenvalue weighted by Crippen LogP contribution is 2.26. The lowest BCUT2D eigenvalue weighted by atomic mass is 10.0. The minimum absolute atomic E-state index is 0.0454. The Morgan fingerprint density at radius 3 is 2.59 bits per heavy atom. The van der Waals surface area contributed by atoms with E-state index in [2.05, 4.69) is 5.32 Å². The molecule has 0 unspecified atom stereocenters. The highest BCUT2D eigenvalue weighted by Gasteiger charge is 2.38. The molecule has 148 valence electrons. The van der Waals surface area contributed by atoms with E-state index >= 15 is 0 Å². The summed E-state index contributed by atoms with van der Waals surface area (Å²) in [4.78, 5) is 50.3. The van der Waals surface area contributed by atoms with E-state index in [1.54, 1.807) is 12.1 Å². The van der Waals surface area contributed by atoms with Crippen LogP contribution in [0.25, 0.3) is 0 Å². The monoisotopic (exact) mass is 394 g/mol. The van der Waals surface area contributed by atoms with Crippen LogP contribution in [0.2, 0.25) is 0 Å². The number of nitrogens with one attached hydrogen (secondary N) is 1. The van der Waals surface area contributed by atoms with Gasteiger partial charge in [-0.05, 0) is 43.2 Å². The third-order valence-corrected chi connectivity index (χ3v) is 5.05. The van der Waals surface area contributed by atoms with Gasteiger partial charge < -0.3 is 15.2 Å². The van der Waals surface area contributed by atoms with Crippen molar-refractivity contribution in [1.29, 1.82) is 0 Å². The van der Waals surface area contributed by atoms with E-state index in [9.17, 15) is 24.3 Å². The van der Waals surface area contributed by atoms with Gasteiger partial charge in [-0.25, -0.2) is 4.79 Å². The van der Waals surface area contributed by atoms with Gasteiger partial charge in [0.05, 0.1) is 35.0 Å². The first-order valence-electron chi connectivity index (χ1n) is 9.21. The standard InChI is InChI=1S/C21H18N2O6/c24-18(22-17-6-2-1-5-15(17)21(27)28)12-7-8-14-16(10-12)20(26)23(19(14)25)11-13-4-3-9-29-13/h1-2,5-8,10,13H,3-4,9,11H2,(H,22,24)(H,27,28)/t13-/m1/s1. The summed E-state index contributed by atoms with van der Waals surface area (Å²) in [5.74, 6) is -2.59. The van der Waals surface area contributed by atoms with E-state index in [0.717, 1.165) is 17.7 Å². The molecule has 2 aromatic carbocycles. The second kappa shape index (κ2) is 7.48. The lowest BCUT2D eigenvalue weighted by Gasteiger charge is -2.17. The van der Waals surface area contributed by atoms with Crippen LogP contribution in [-0.4, -0.2) is 53.0 Å². The Labute approximate surface area is 166 Å². The summed E-state index contributed by atoms with van der Waals surface area (Å²) in [5.41, 5.74) is 0.663. The number of fused-ring (bicyclic) bond motifs is 1. The number of hydrogen-bond acceptors (Lipinski definition) is 5. The van der Waals surface area contributed by atoms with Crippen LogP contribution in [0.1, 0.15) is 54.3 Å². The second-order valence-electron chi connectivity index (χ2n) is 6.92. The van der Waals surface area contributed by atoms with E-state index in [1.165, 1.54) is 30.3 Å². The van der Waals surface area contributed by atoms with Crippen LogP contribution < -0.4 is 5.32 Å². The SMILES string of the molecule is O=C(Nc1ccccc1C(=O)O)c1ccc2c(c1)C(=O)N(C[C@H]1CCCO1)C2=O. The van der Waals surface area contributed by atoms with Crippen molar-refractivity contribution in [3.8, 4) is 0 Å². The highest BCUT2D eigenvalue weighted by molar-refractivity contribution is 6.22. The van der Waals surface area contributed by atoms with Crippen molar-refractivity contribution in [2.75, 3.05) is 18.5 Å². The summed E-state index contributed by atoms with van der Waals surface area (Å²) in [7, 11) is 0. The van der Waals surface area contributed by atoms with Crippen LogP contribution in [-0.2, 0) is 4.74 Å². The number of rotatable bonds is 5. The number of anilines is 1. The summed E-state index contributed by atoms with van der Waals surface area (Å²) in [6, 6.07) is 10.3. The minimum atomic E-state index is -1.17. The minimum Gasteiger partial charge on any atom is -0.478 e. The molecule has 2 aromatic rings. The second-order valence-corrected chi connectivity index (χ2v) is 6.92. The average Bonchev–Trinajstić information content (AvgIpc) is 3.31. The normalized spacial score (nSPS) is 18.1. The van der Waals surface area contributed by atoms with E-state index < -0.39 is 23.7 Å². The smallest absolute Gasteiger partial charge is 0.337 e. The molecular weight excluding hydrogens is 376 g/mol. The number of ether oxygens (including phenoxy) is 1. The largest absolute Gasteiger partial charge is 0.478 e. The summed E-state index contributed by atoms with van der Waals surface area (Å²) in [6.45, 7) is 0.815. The van der Waals surface area contributed by atoms with Gasteiger partial charge in [0.1, 0.15) is 0 Å². The molecule has 0 bridgehead atoms. The summed E-state index contributed by atoms with van der Waals surface area (Å²) in [5, 5.41) is 11.8. The van der Waals surface area contributed by atoms with Gasteiger partial charge >= 0.3 is 5.97 Å². The van der Waals surface area contributed by atoms with Crippen LogP contribution in [0.5, 0.6) is 0 Å². The number of imide groups is 1. The third kappa shape index (κ3) is 3.50. The molecule has 4 rings (SSSR count). The highest BCUT2D eigenvalue weighted by atomic mass is 16.5. The van der Waals surface area contributed by atoms with Crippen molar-refractivity contribution in [2.45, 2.75) is 18.9 Å². The fourth-order valence-corrected chi connectivity index (χ4v) is 3.56. The molecule has 0 aliphatic carbocycles. The Kier molecular flexibility index (Phi) is 4.85. The molecule has 8 nitrogen and oxygen atoms in total. The quantitative estimate of drug-likeness (QED) is 0.753. The van der Waals surface area contributed by atoms with Gasteiger partial charge in [-0.15, -0.1) is 0 Å². The zero-order chi connectivity index (χ0) is 20.5. The third-order valence-electron chi connectivity index (χ3n) is 5.05. The van der Waals surface area contributed by atoms with E-state index in [1.807, 2.05) is 0 Å². The number of benzene rings is 2. The molecule has 3 amide bonds. The van der Waals surface area contributed by atoms with Gasteiger partial charge in [0.25, 0.3) is 17.7 Å². The molecule has 0 aromatic heterocycles. The number of carbonyl (C=O) groups is 4. The molecule has 0 radical (unpaired) electrons. The predicted molar refractivity (Wildman–Crippen MR) is 102 cm³/mol. The van der Waals surface area contributed by atoms with Gasteiger partial charge in [-0.3, -0.25) is 19.3 Å². The molecule has 2 aliphatic heterocycles. The van der Waals surface area contributed by atoms with Crippen LogP contribution in [0.15, 0.2) is 42.5 Å². The topological polar surface area (TPSA) is 113 Å². The van der Waals surface area contributed by atoms with Gasteiger partial charge in [0, 0.05) is 12.2 Å². The molecular formula is C21H18N2O6. The number of para-hydroxylation sites is 1. The van der Waals surface area contributed by atoms with Crippen molar-refractivity contribution in [3.05, 3.63) is 64.7 Å². The Bertz CT molecular complexity index is 1030. The zero-order valence-electron chi connectivity index (χ0n) is 15.4. The molecule has 1 atom stereocenters. The van der Waals surface area contributed by atoms with Gasteiger partial charge in [-0.2, -0.15) is 0 Å². The van der Waals surface area contributed by atoms with Crippen LogP contribution in [0.4, 0.5) is 5.69 Å². The summed E-state index contributed by atoms with van der Waals surface area (Å²) < 4.78 is 5.51. The van der Waals surface area contributed by atoms with Gasteiger partial charge in [-0.1, -0.05) is 12.1 Å². The lowest BCUT2D eigenvalue weighted by molar-refractivity contribution is 0.0475. The fraction of sp³-hybridized carbons (Fsp3) is 0.238. The van der Waals surface area contributed by atoms with Crippen LogP contribution >= 0.6 is 0 Å². The predicted octanol–water partition coefficient (Wildman–Crippen LogP) is 2.41. The summed E-state index contributed by atoms with van der Waals surface area (Å²) in [6.07, 6.45) is 1.53. The fourth-order valence-electron chi connectivity index (χ4n) is 3.56. The Morgan fingerprint density at radius 1 is 1.10 bits per heavy atom. The maximum atomic E-state index is 12.7. The Balaban J connectivity index is 1.56. The Morgan fingerprint density at radius 2 is 1.86 bits per heavy atom. The van der Waals surface area contributed by atoms with E-state index in [0.29, 0.717) is 6.61 Å². The summed E-state index contributed by atoms with van der Waals surface area (Å²) >= 11 is 0. The molecule has 8 heteroatoms. The van der Waals surface area contributed by atoms with E-state index in [-0.39, 0.29) is 40.6 Å². The molecule has 0 saturated carbocycles. The number of nitrogens with zero attached hydrogens (tertiary/aromatic N) is 1. The van der Waals surface area contributed by atoms with Crippen LogP contribution in [0.3, 0.4) is 0 Å². The van der Waals surface area contributed by atoms with Crippen LogP contribution in [0, 0.1) is 0 Å². The maximum absolute atomic E-state index is 12.7. The van der Waals surface area contributed by atoms with Gasteiger partial charge in [0.2, 0.25) is 0 Å². The number of carboxylic acid groups (broad SMARTS) is 1. The first kappa shape index (κ1) is 18.8. The van der Waals surface area contributed by atoms with Crippen molar-refractivity contribution in [2.24, 2.45) is 0 Å². The molecule has 29 heavy (non-hydrogen) atoms.